The summed E-state index contributed by atoms with van der Waals surface area (Å²) >= 11 is 3.98. The molecule has 0 amide bonds. The van der Waals surface area contributed by atoms with Crippen LogP contribution in [0.25, 0.3) is 0 Å². The van der Waals surface area contributed by atoms with Gasteiger partial charge in [0.25, 0.3) is 0 Å². The van der Waals surface area contributed by atoms with Crippen molar-refractivity contribution in [1.29, 1.82) is 0 Å². The Morgan fingerprint density at radius 2 is 1.86 bits per heavy atom. The van der Waals surface area contributed by atoms with Crippen LogP contribution in [0, 0.1) is 0 Å². The van der Waals surface area contributed by atoms with E-state index in [4.69, 9.17) is 4.52 Å². The first kappa shape index (κ1) is 10.8. The zero-order valence-corrected chi connectivity index (χ0v) is 10.4. The molecule has 14 heavy (non-hydrogen) atoms. The predicted molar refractivity (Wildman–Crippen MR) is 67.7 cm³/mol. The molecular formula is C10H13OPS2. The fraction of sp³-hybridized carbons (Fsp3) is 0.400. The van der Waals surface area contributed by atoms with Crippen molar-refractivity contribution in [1.82, 2.24) is 0 Å². The zero-order chi connectivity index (χ0) is 9.64. The van der Waals surface area contributed by atoms with Crippen molar-refractivity contribution in [2.45, 2.75) is 13.0 Å². The van der Waals surface area contributed by atoms with Gasteiger partial charge in [0, 0.05) is 11.5 Å². The molecule has 0 spiro atoms. The van der Waals surface area contributed by atoms with E-state index in [0.717, 1.165) is 6.61 Å². The Labute approximate surface area is 94.3 Å². The van der Waals surface area contributed by atoms with E-state index in [1.807, 2.05) is 28.8 Å². The number of rotatable bonds is 3. The highest BCUT2D eigenvalue weighted by Gasteiger charge is 2.15. The standard InChI is InChI=1S/C10H13OPS2/c1-2-5-10(6-3-1)9-11-12-13-7-4-8-14-12/h1-3,5-6H,4,7-9H2. The van der Waals surface area contributed by atoms with Crippen molar-refractivity contribution >= 4 is 29.3 Å². The van der Waals surface area contributed by atoms with E-state index < -0.39 is 0 Å². The van der Waals surface area contributed by atoms with Gasteiger partial charge >= 0.3 is 0 Å². The van der Waals surface area contributed by atoms with Crippen LogP contribution in [0.3, 0.4) is 0 Å². The zero-order valence-electron chi connectivity index (χ0n) is 7.89. The van der Waals surface area contributed by atoms with Gasteiger partial charge in [-0.3, -0.25) is 0 Å². The van der Waals surface area contributed by atoms with Gasteiger partial charge in [-0.25, -0.2) is 0 Å². The minimum Gasteiger partial charge on any atom is -0.334 e. The average molecular weight is 244 g/mol. The molecule has 0 aliphatic carbocycles. The molecule has 0 atom stereocenters. The summed E-state index contributed by atoms with van der Waals surface area (Å²) in [6.07, 6.45) is 1.34. The second-order valence-electron chi connectivity index (χ2n) is 3.00. The molecule has 1 saturated heterocycles. The molecule has 1 aromatic carbocycles. The van der Waals surface area contributed by atoms with Crippen LogP contribution < -0.4 is 0 Å². The predicted octanol–water partition coefficient (Wildman–Crippen LogP) is 4.30. The summed E-state index contributed by atoms with van der Waals surface area (Å²) in [5.41, 5.74) is 1.28. The van der Waals surface area contributed by atoms with Crippen LogP contribution in [0.1, 0.15) is 12.0 Å². The molecule has 76 valence electrons. The van der Waals surface area contributed by atoms with Crippen molar-refractivity contribution in [2.24, 2.45) is 0 Å². The van der Waals surface area contributed by atoms with Gasteiger partial charge in [0.05, 0.1) is 6.61 Å². The first-order chi connectivity index (χ1) is 6.95. The highest BCUT2D eigenvalue weighted by Crippen LogP contribution is 2.64. The lowest BCUT2D eigenvalue weighted by atomic mass is 10.2. The first-order valence-corrected chi connectivity index (χ1v) is 9.12. The van der Waals surface area contributed by atoms with Gasteiger partial charge in [-0.15, -0.1) is 0 Å². The van der Waals surface area contributed by atoms with Gasteiger partial charge in [-0.1, -0.05) is 53.1 Å². The Morgan fingerprint density at radius 1 is 1.14 bits per heavy atom. The quantitative estimate of drug-likeness (QED) is 0.734. The monoisotopic (exact) mass is 244 g/mol. The summed E-state index contributed by atoms with van der Waals surface area (Å²) < 4.78 is 5.86. The molecule has 0 radical (unpaired) electrons. The molecule has 1 aliphatic rings. The SMILES string of the molecule is c1ccc(COP2SCCCS2)cc1. The lowest BCUT2D eigenvalue weighted by Crippen LogP contribution is -1.91. The van der Waals surface area contributed by atoms with Crippen molar-refractivity contribution < 1.29 is 4.52 Å². The van der Waals surface area contributed by atoms with E-state index >= 15 is 0 Å². The van der Waals surface area contributed by atoms with Gasteiger partial charge in [-0.2, -0.15) is 0 Å². The van der Waals surface area contributed by atoms with E-state index in [9.17, 15) is 0 Å². The van der Waals surface area contributed by atoms with E-state index in [0.29, 0.717) is 0 Å². The van der Waals surface area contributed by atoms with Crippen LogP contribution in [-0.4, -0.2) is 11.5 Å². The second-order valence-corrected chi connectivity index (χ2v) is 9.27. The average Bonchev–Trinajstić information content (AvgIpc) is 2.29. The van der Waals surface area contributed by atoms with E-state index in [1.54, 1.807) is 0 Å². The Balaban J connectivity index is 1.76. The lowest BCUT2D eigenvalue weighted by molar-refractivity contribution is 0.356. The molecule has 1 fully saturated rings. The summed E-state index contributed by atoms with van der Waals surface area (Å²) in [5, 5.41) is 0. The Morgan fingerprint density at radius 3 is 2.57 bits per heavy atom. The lowest BCUT2D eigenvalue weighted by Gasteiger charge is -2.19. The smallest absolute Gasteiger partial charge is 0.152 e. The molecule has 1 heterocycles. The fourth-order valence-corrected chi connectivity index (χ4v) is 7.32. The normalized spacial score (nSPS) is 18.3. The van der Waals surface area contributed by atoms with Gasteiger partial charge < -0.3 is 4.52 Å². The van der Waals surface area contributed by atoms with E-state index in [1.165, 1.54) is 23.5 Å². The number of hydrogen-bond donors (Lipinski definition) is 0. The summed E-state index contributed by atoms with van der Waals surface area (Å²) in [6, 6.07) is 10.4. The van der Waals surface area contributed by atoms with Crippen LogP contribution in [0.15, 0.2) is 30.3 Å². The van der Waals surface area contributed by atoms with Crippen molar-refractivity contribution in [3.05, 3.63) is 35.9 Å². The maximum atomic E-state index is 5.86. The van der Waals surface area contributed by atoms with Crippen LogP contribution in [0.4, 0.5) is 0 Å². The molecule has 1 aliphatic heterocycles. The molecule has 0 saturated carbocycles. The number of hydrogen-bond acceptors (Lipinski definition) is 3. The van der Waals surface area contributed by atoms with Crippen molar-refractivity contribution in [3.63, 3.8) is 0 Å². The third-order valence-corrected chi connectivity index (χ3v) is 8.46. The van der Waals surface area contributed by atoms with Gasteiger partial charge in [-0.05, 0) is 12.0 Å². The molecule has 0 N–H and O–H groups in total. The second kappa shape index (κ2) is 6.02. The minimum absolute atomic E-state index is 0.262. The Hall–Kier alpha value is 0.310. The molecular weight excluding hydrogens is 231 g/mol. The molecule has 2 rings (SSSR count). The summed E-state index contributed by atoms with van der Waals surface area (Å²) in [6.45, 7) is 0.508. The third kappa shape index (κ3) is 3.47. The highest BCUT2D eigenvalue weighted by atomic mass is 33.1. The molecule has 4 heteroatoms. The first-order valence-electron chi connectivity index (χ1n) is 4.68. The van der Waals surface area contributed by atoms with Gasteiger partial charge in [0.15, 0.2) is 6.55 Å². The molecule has 0 aromatic heterocycles. The molecule has 0 bridgehead atoms. The Kier molecular flexibility index (Phi) is 4.65. The van der Waals surface area contributed by atoms with Crippen LogP contribution in [-0.2, 0) is 11.1 Å². The maximum absolute atomic E-state index is 5.86. The van der Waals surface area contributed by atoms with Crippen molar-refractivity contribution in [2.75, 3.05) is 11.5 Å². The fourth-order valence-electron chi connectivity index (χ4n) is 1.15. The van der Waals surface area contributed by atoms with Crippen LogP contribution >= 0.6 is 29.3 Å². The van der Waals surface area contributed by atoms with Crippen LogP contribution in [0.5, 0.6) is 0 Å². The maximum Gasteiger partial charge on any atom is 0.152 e. The topological polar surface area (TPSA) is 9.23 Å². The molecule has 1 nitrogen and oxygen atoms in total. The summed E-state index contributed by atoms with van der Waals surface area (Å²) in [4.78, 5) is 0. The van der Waals surface area contributed by atoms with E-state index in [2.05, 4.69) is 24.3 Å². The summed E-state index contributed by atoms with van der Waals surface area (Å²) in [5.74, 6) is 2.54. The highest BCUT2D eigenvalue weighted by molar-refractivity contribution is 8.87. The van der Waals surface area contributed by atoms with E-state index in [-0.39, 0.29) is 6.55 Å². The summed E-state index contributed by atoms with van der Waals surface area (Å²) in [7, 11) is 0. The van der Waals surface area contributed by atoms with Gasteiger partial charge in [0.1, 0.15) is 0 Å². The van der Waals surface area contributed by atoms with Crippen molar-refractivity contribution in [3.8, 4) is 0 Å². The molecule has 0 unspecified atom stereocenters. The largest absolute Gasteiger partial charge is 0.334 e. The third-order valence-electron chi connectivity index (χ3n) is 1.86. The Bertz CT molecular complexity index is 262. The number of benzene rings is 1. The van der Waals surface area contributed by atoms with Gasteiger partial charge in [0.2, 0.25) is 0 Å². The molecule has 1 aromatic rings. The minimum atomic E-state index is -0.262. The van der Waals surface area contributed by atoms with Crippen LogP contribution in [0.2, 0.25) is 0 Å².